The third-order valence-corrected chi connectivity index (χ3v) is 5.79. The van der Waals surface area contributed by atoms with E-state index >= 15 is 0 Å². The van der Waals surface area contributed by atoms with Crippen LogP contribution in [-0.4, -0.2) is 23.0 Å². The first-order chi connectivity index (χ1) is 11.9. The maximum absolute atomic E-state index is 13.9. The third kappa shape index (κ3) is 2.79. The van der Waals surface area contributed by atoms with Gasteiger partial charge in [0.25, 0.3) is 5.91 Å². The largest absolute Gasteiger partial charge is 0.481 e. The van der Waals surface area contributed by atoms with Crippen molar-refractivity contribution in [1.82, 2.24) is 5.32 Å². The zero-order valence-electron chi connectivity index (χ0n) is 14.0. The first-order valence-corrected chi connectivity index (χ1v) is 8.61. The molecule has 0 bridgehead atoms. The maximum Gasteiger partial charge on any atom is 0.308 e. The van der Waals surface area contributed by atoms with Gasteiger partial charge in [0, 0.05) is 11.4 Å². The lowest BCUT2D eigenvalue weighted by Crippen LogP contribution is -2.47. The fraction of sp³-hybridized carbons (Fsp3) is 0.474. The summed E-state index contributed by atoms with van der Waals surface area (Å²) in [5.41, 5.74) is 1.06. The van der Waals surface area contributed by atoms with Crippen LogP contribution in [0.4, 0.5) is 4.39 Å². The van der Waals surface area contributed by atoms with Crippen molar-refractivity contribution in [1.29, 1.82) is 0 Å². The number of hydrogen-bond donors (Lipinski definition) is 2. The second-order valence-corrected chi connectivity index (χ2v) is 7.49. The van der Waals surface area contributed by atoms with Gasteiger partial charge in [-0.3, -0.25) is 9.59 Å². The van der Waals surface area contributed by atoms with Gasteiger partial charge >= 0.3 is 5.97 Å². The van der Waals surface area contributed by atoms with Gasteiger partial charge in [0.15, 0.2) is 17.2 Å². The van der Waals surface area contributed by atoms with Gasteiger partial charge in [0.05, 0.1) is 5.92 Å². The Labute approximate surface area is 144 Å². The third-order valence-electron chi connectivity index (χ3n) is 5.79. The topological polar surface area (TPSA) is 79.5 Å². The molecular formula is C19H20FNO4. The highest BCUT2D eigenvalue weighted by Crippen LogP contribution is 2.57. The molecule has 6 heteroatoms. The van der Waals surface area contributed by atoms with E-state index in [9.17, 15) is 19.1 Å². The van der Waals surface area contributed by atoms with Crippen LogP contribution in [0.15, 0.2) is 22.6 Å². The first-order valence-electron chi connectivity index (χ1n) is 8.61. The predicted molar refractivity (Wildman–Crippen MR) is 88.8 cm³/mol. The van der Waals surface area contributed by atoms with Gasteiger partial charge < -0.3 is 14.8 Å². The Morgan fingerprint density at radius 3 is 2.72 bits per heavy atom. The molecule has 1 spiro atoms. The predicted octanol–water partition coefficient (Wildman–Crippen LogP) is 3.64. The normalized spacial score (nSPS) is 24.4. The molecule has 2 aromatic rings. The molecule has 0 saturated heterocycles. The minimum atomic E-state index is -0.872. The molecule has 0 aliphatic heterocycles. The molecule has 1 aromatic carbocycles. The zero-order valence-corrected chi connectivity index (χ0v) is 14.0. The van der Waals surface area contributed by atoms with Gasteiger partial charge in [-0.1, -0.05) is 6.07 Å². The van der Waals surface area contributed by atoms with Crippen LogP contribution in [0.25, 0.3) is 11.0 Å². The van der Waals surface area contributed by atoms with Gasteiger partial charge in [-0.25, -0.2) is 4.39 Å². The summed E-state index contributed by atoms with van der Waals surface area (Å²) in [6.07, 6.45) is 4.37. The van der Waals surface area contributed by atoms with Gasteiger partial charge in [0.1, 0.15) is 0 Å². The van der Waals surface area contributed by atoms with Gasteiger partial charge in [0.2, 0.25) is 0 Å². The van der Waals surface area contributed by atoms with Crippen molar-refractivity contribution in [3.8, 4) is 0 Å². The zero-order chi connectivity index (χ0) is 17.8. The fourth-order valence-electron chi connectivity index (χ4n) is 4.01. The van der Waals surface area contributed by atoms with E-state index in [4.69, 9.17) is 4.42 Å². The lowest BCUT2D eigenvalue weighted by atomic mass is 9.76. The van der Waals surface area contributed by atoms with Gasteiger partial charge in [-0.2, -0.15) is 0 Å². The standard InChI is InChI=1S/C19H20FNO4/c1-10-2-3-13(20)16-11(10)8-15(25-16)17(22)21-14-4-5-19(6-7-19)9-12(14)18(23)24/h2-3,8,12,14H,4-7,9H2,1H3,(H,21,22)(H,23,24)/t12-,14+/m0/s1. The number of aryl methyl sites for hydroxylation is 1. The van der Waals surface area contributed by atoms with Crippen LogP contribution in [0, 0.1) is 24.1 Å². The van der Waals surface area contributed by atoms with Crippen molar-refractivity contribution in [2.45, 2.75) is 45.1 Å². The molecular weight excluding hydrogens is 325 g/mol. The molecule has 0 unspecified atom stereocenters. The van der Waals surface area contributed by atoms with Crippen LogP contribution in [-0.2, 0) is 4.79 Å². The molecule has 132 valence electrons. The number of carboxylic acids is 1. The summed E-state index contributed by atoms with van der Waals surface area (Å²) in [5, 5.41) is 12.9. The summed E-state index contributed by atoms with van der Waals surface area (Å²) >= 11 is 0. The summed E-state index contributed by atoms with van der Waals surface area (Å²) in [7, 11) is 0. The molecule has 1 amide bonds. The molecule has 0 radical (unpaired) electrons. The molecule has 25 heavy (non-hydrogen) atoms. The van der Waals surface area contributed by atoms with Crippen LogP contribution < -0.4 is 5.32 Å². The van der Waals surface area contributed by atoms with E-state index in [1.807, 2.05) is 6.92 Å². The molecule has 2 aliphatic rings. The number of hydrogen-bond acceptors (Lipinski definition) is 3. The monoisotopic (exact) mass is 345 g/mol. The molecule has 5 nitrogen and oxygen atoms in total. The Balaban J connectivity index is 1.56. The highest BCUT2D eigenvalue weighted by molar-refractivity contribution is 5.97. The number of carbonyl (C=O) groups is 2. The summed E-state index contributed by atoms with van der Waals surface area (Å²) < 4.78 is 19.3. The molecule has 2 atom stereocenters. The minimum Gasteiger partial charge on any atom is -0.481 e. The number of nitrogens with one attached hydrogen (secondary N) is 1. The SMILES string of the molecule is Cc1ccc(F)c2oc(C(=O)N[C@@H]3CCC4(CC4)C[C@@H]3C(=O)O)cc12. The van der Waals surface area contributed by atoms with Crippen molar-refractivity contribution in [2.75, 3.05) is 0 Å². The number of fused-ring (bicyclic) bond motifs is 1. The Bertz CT molecular complexity index is 829. The van der Waals surface area contributed by atoms with Crippen LogP contribution in [0.5, 0.6) is 0 Å². The van der Waals surface area contributed by atoms with E-state index in [1.54, 1.807) is 6.07 Å². The number of aliphatic carboxylic acids is 1. The summed E-state index contributed by atoms with van der Waals surface area (Å²) in [6, 6.07) is 4.03. The van der Waals surface area contributed by atoms with Crippen molar-refractivity contribution in [3.05, 3.63) is 35.3 Å². The molecule has 2 aliphatic carbocycles. The molecule has 1 heterocycles. The minimum absolute atomic E-state index is 0.0130. The lowest BCUT2D eigenvalue weighted by Gasteiger charge is -2.34. The second-order valence-electron chi connectivity index (χ2n) is 7.49. The van der Waals surface area contributed by atoms with E-state index in [2.05, 4.69) is 5.32 Å². The van der Waals surface area contributed by atoms with E-state index in [0.29, 0.717) is 18.2 Å². The molecule has 1 aromatic heterocycles. The van der Waals surface area contributed by atoms with Crippen molar-refractivity contribution in [3.63, 3.8) is 0 Å². The first kappa shape index (κ1) is 16.1. The molecule has 2 N–H and O–H groups in total. The Kier molecular flexibility index (Phi) is 3.60. The van der Waals surface area contributed by atoms with Crippen molar-refractivity contribution in [2.24, 2.45) is 11.3 Å². The number of furan rings is 1. The maximum atomic E-state index is 13.9. The highest BCUT2D eigenvalue weighted by Gasteiger charge is 2.51. The Morgan fingerprint density at radius 1 is 1.32 bits per heavy atom. The van der Waals surface area contributed by atoms with E-state index in [-0.39, 0.29) is 16.8 Å². The number of halogens is 1. The summed E-state index contributed by atoms with van der Waals surface area (Å²) in [6.45, 7) is 1.82. The smallest absolute Gasteiger partial charge is 0.308 e. The second kappa shape index (κ2) is 5.58. The number of rotatable bonds is 3. The number of benzene rings is 1. The van der Waals surface area contributed by atoms with E-state index in [1.165, 1.54) is 12.1 Å². The van der Waals surface area contributed by atoms with Gasteiger partial charge in [-0.05, 0) is 62.1 Å². The molecule has 4 rings (SSSR count). The Hall–Kier alpha value is -2.37. The van der Waals surface area contributed by atoms with Crippen LogP contribution >= 0.6 is 0 Å². The van der Waals surface area contributed by atoms with Crippen LogP contribution in [0.3, 0.4) is 0 Å². The van der Waals surface area contributed by atoms with E-state index < -0.39 is 29.7 Å². The average molecular weight is 345 g/mol. The van der Waals surface area contributed by atoms with Crippen LogP contribution in [0.1, 0.15) is 48.2 Å². The number of amides is 1. The number of carbonyl (C=O) groups excluding carboxylic acids is 1. The summed E-state index contributed by atoms with van der Waals surface area (Å²) in [5.74, 6) is -2.45. The fourth-order valence-corrected chi connectivity index (χ4v) is 4.01. The van der Waals surface area contributed by atoms with Crippen molar-refractivity contribution < 1.29 is 23.5 Å². The highest BCUT2D eigenvalue weighted by atomic mass is 19.1. The Morgan fingerprint density at radius 2 is 2.08 bits per heavy atom. The number of carboxylic acid groups (broad SMARTS) is 1. The lowest BCUT2D eigenvalue weighted by molar-refractivity contribution is -0.144. The van der Waals surface area contributed by atoms with Gasteiger partial charge in [-0.15, -0.1) is 0 Å². The average Bonchev–Trinajstić information content (AvgIpc) is 3.16. The van der Waals surface area contributed by atoms with Crippen LogP contribution in [0.2, 0.25) is 0 Å². The summed E-state index contributed by atoms with van der Waals surface area (Å²) in [4.78, 5) is 24.1. The van der Waals surface area contributed by atoms with Crippen molar-refractivity contribution >= 4 is 22.8 Å². The van der Waals surface area contributed by atoms with E-state index in [0.717, 1.165) is 24.8 Å². The quantitative estimate of drug-likeness (QED) is 0.890. The molecule has 2 saturated carbocycles. The molecule has 2 fully saturated rings.